The Bertz CT molecular complexity index is 107. The third-order valence-electron chi connectivity index (χ3n) is 1.97. The van der Waals surface area contributed by atoms with Crippen molar-refractivity contribution in [1.82, 2.24) is 0 Å². The van der Waals surface area contributed by atoms with Gasteiger partial charge in [-0.15, -0.1) is 0 Å². The summed E-state index contributed by atoms with van der Waals surface area (Å²) in [5.41, 5.74) is 0. The van der Waals surface area contributed by atoms with Gasteiger partial charge in [-0.3, -0.25) is 0 Å². The molecule has 0 saturated heterocycles. The minimum Gasteiger partial charge on any atom is -0.247 e. The highest BCUT2D eigenvalue weighted by Crippen LogP contribution is 2.19. The van der Waals surface area contributed by atoms with E-state index in [1.165, 1.54) is 0 Å². The summed E-state index contributed by atoms with van der Waals surface area (Å²) in [4.78, 5) is 0. The molecule has 0 radical (unpaired) electrons. The highest BCUT2D eigenvalue weighted by atomic mass is 19.1. The van der Waals surface area contributed by atoms with Crippen LogP contribution >= 0.6 is 0 Å². The van der Waals surface area contributed by atoms with Gasteiger partial charge in [0.2, 0.25) is 0 Å². The third kappa shape index (κ3) is 8.20. The molecule has 0 aromatic carbocycles. The van der Waals surface area contributed by atoms with Crippen LogP contribution in [0.1, 0.15) is 47.0 Å². The van der Waals surface area contributed by atoms with Crippen LogP contribution in [-0.4, -0.2) is 12.3 Å². The van der Waals surface area contributed by atoms with Crippen LogP contribution in [0, 0.1) is 11.8 Å². The van der Waals surface area contributed by atoms with Crippen molar-refractivity contribution in [2.45, 2.75) is 59.3 Å². The van der Waals surface area contributed by atoms with Crippen LogP contribution in [0.15, 0.2) is 0 Å². The maximum atomic E-state index is 13.1. The molecule has 13 heavy (non-hydrogen) atoms. The molecule has 0 amide bonds. The van der Waals surface area contributed by atoms with Gasteiger partial charge < -0.3 is 0 Å². The van der Waals surface area contributed by atoms with E-state index in [-0.39, 0.29) is 6.42 Å². The summed E-state index contributed by atoms with van der Waals surface area (Å²) in [6.07, 6.45) is -0.879. The molecule has 0 N–H and O–H groups in total. The SMILES string of the molecule is CC(C)CC(F)CC(F)CC(C)C. The fourth-order valence-corrected chi connectivity index (χ4v) is 1.49. The Kier molecular flexibility index (Phi) is 6.27. The number of rotatable bonds is 6. The van der Waals surface area contributed by atoms with Crippen LogP contribution in [0.25, 0.3) is 0 Å². The zero-order valence-corrected chi connectivity index (χ0v) is 9.19. The summed E-state index contributed by atoms with van der Waals surface area (Å²) in [6, 6.07) is 0. The van der Waals surface area contributed by atoms with Gasteiger partial charge in [0.15, 0.2) is 0 Å². The van der Waals surface area contributed by atoms with Crippen molar-refractivity contribution in [3.8, 4) is 0 Å². The molecule has 0 aromatic heterocycles. The van der Waals surface area contributed by atoms with Crippen LogP contribution in [0.2, 0.25) is 0 Å². The van der Waals surface area contributed by atoms with Crippen molar-refractivity contribution in [2.24, 2.45) is 11.8 Å². The van der Waals surface area contributed by atoms with E-state index in [9.17, 15) is 8.78 Å². The molecule has 0 saturated carbocycles. The Morgan fingerprint density at radius 3 is 1.23 bits per heavy atom. The van der Waals surface area contributed by atoms with Crippen molar-refractivity contribution in [1.29, 1.82) is 0 Å². The van der Waals surface area contributed by atoms with Gasteiger partial charge in [0.05, 0.1) is 0 Å². The van der Waals surface area contributed by atoms with Crippen LogP contribution in [0.3, 0.4) is 0 Å². The van der Waals surface area contributed by atoms with E-state index < -0.39 is 12.3 Å². The smallest absolute Gasteiger partial charge is 0.103 e. The van der Waals surface area contributed by atoms with E-state index in [1.54, 1.807) is 0 Å². The maximum absolute atomic E-state index is 13.1. The molecular formula is C11H22F2. The predicted octanol–water partition coefficient (Wildman–Crippen LogP) is 4.14. The normalized spacial score (nSPS) is 16.6. The molecule has 2 unspecified atom stereocenters. The van der Waals surface area contributed by atoms with Gasteiger partial charge in [-0.2, -0.15) is 0 Å². The Hall–Kier alpha value is -0.140. The van der Waals surface area contributed by atoms with E-state index in [4.69, 9.17) is 0 Å². The predicted molar refractivity (Wildman–Crippen MR) is 53.3 cm³/mol. The fraction of sp³-hybridized carbons (Fsp3) is 1.00. The Morgan fingerprint density at radius 2 is 1.00 bits per heavy atom. The lowest BCUT2D eigenvalue weighted by atomic mass is 9.98. The molecule has 0 fully saturated rings. The molecule has 0 aromatic rings. The molecule has 0 heterocycles. The van der Waals surface area contributed by atoms with Crippen molar-refractivity contribution in [2.75, 3.05) is 0 Å². The van der Waals surface area contributed by atoms with Crippen molar-refractivity contribution in [3.63, 3.8) is 0 Å². The van der Waals surface area contributed by atoms with Gasteiger partial charge in [0.1, 0.15) is 12.3 Å². The van der Waals surface area contributed by atoms with Gasteiger partial charge >= 0.3 is 0 Å². The van der Waals surface area contributed by atoms with Crippen molar-refractivity contribution in [3.05, 3.63) is 0 Å². The molecule has 0 bridgehead atoms. The molecule has 0 aliphatic carbocycles. The van der Waals surface area contributed by atoms with Crippen molar-refractivity contribution >= 4 is 0 Å². The second-order valence-electron chi connectivity index (χ2n) is 4.69. The summed E-state index contributed by atoms with van der Waals surface area (Å²) in [7, 11) is 0. The zero-order valence-electron chi connectivity index (χ0n) is 9.19. The lowest BCUT2D eigenvalue weighted by Gasteiger charge is -2.15. The van der Waals surface area contributed by atoms with E-state index >= 15 is 0 Å². The minimum atomic E-state index is -0.964. The maximum Gasteiger partial charge on any atom is 0.103 e. The molecule has 0 rings (SSSR count). The number of alkyl halides is 2. The third-order valence-corrected chi connectivity index (χ3v) is 1.97. The second-order valence-corrected chi connectivity index (χ2v) is 4.69. The van der Waals surface area contributed by atoms with Crippen LogP contribution in [0.5, 0.6) is 0 Å². The monoisotopic (exact) mass is 192 g/mol. The fourth-order valence-electron chi connectivity index (χ4n) is 1.49. The van der Waals surface area contributed by atoms with Crippen molar-refractivity contribution < 1.29 is 8.78 Å². The highest BCUT2D eigenvalue weighted by molar-refractivity contribution is 4.67. The largest absolute Gasteiger partial charge is 0.247 e. The molecule has 0 aliphatic rings. The van der Waals surface area contributed by atoms with Crippen LogP contribution in [-0.2, 0) is 0 Å². The summed E-state index contributed by atoms with van der Waals surface area (Å²) < 4.78 is 26.2. The van der Waals surface area contributed by atoms with Gasteiger partial charge in [-0.1, -0.05) is 27.7 Å². The molecule has 0 nitrogen and oxygen atoms in total. The lowest BCUT2D eigenvalue weighted by molar-refractivity contribution is 0.178. The van der Waals surface area contributed by atoms with Gasteiger partial charge in [0, 0.05) is 6.42 Å². The molecule has 0 aliphatic heterocycles. The Balaban J connectivity index is 3.58. The molecule has 2 heteroatoms. The second kappa shape index (κ2) is 6.33. The minimum absolute atomic E-state index is 0.0797. The first kappa shape index (κ1) is 12.9. The molecule has 0 spiro atoms. The highest BCUT2D eigenvalue weighted by Gasteiger charge is 2.17. The van der Waals surface area contributed by atoms with Crippen LogP contribution in [0.4, 0.5) is 8.78 Å². The Labute approximate surface area is 80.7 Å². The zero-order chi connectivity index (χ0) is 10.4. The number of hydrogen-bond acceptors (Lipinski definition) is 0. The average molecular weight is 192 g/mol. The van der Waals surface area contributed by atoms with E-state index in [0.29, 0.717) is 24.7 Å². The van der Waals surface area contributed by atoms with E-state index in [0.717, 1.165) is 0 Å². The first-order valence-corrected chi connectivity index (χ1v) is 5.20. The topological polar surface area (TPSA) is 0 Å². The summed E-state index contributed by atoms with van der Waals surface area (Å²) in [5, 5.41) is 0. The Morgan fingerprint density at radius 1 is 0.692 bits per heavy atom. The van der Waals surface area contributed by atoms with Gasteiger partial charge in [0.25, 0.3) is 0 Å². The van der Waals surface area contributed by atoms with Gasteiger partial charge in [-0.05, 0) is 24.7 Å². The standard InChI is InChI=1S/C11H22F2/c1-8(2)5-10(12)7-11(13)6-9(3)4/h8-11H,5-7H2,1-4H3. The summed E-state index contributed by atoms with van der Waals surface area (Å²) in [5.74, 6) is 0.641. The molecule has 2 atom stereocenters. The first-order chi connectivity index (χ1) is 5.91. The summed E-state index contributed by atoms with van der Waals surface area (Å²) >= 11 is 0. The lowest BCUT2D eigenvalue weighted by Crippen LogP contribution is -2.14. The van der Waals surface area contributed by atoms with Crippen LogP contribution < -0.4 is 0 Å². The number of halogens is 2. The average Bonchev–Trinajstić information content (AvgIpc) is 1.80. The van der Waals surface area contributed by atoms with E-state index in [1.807, 2.05) is 27.7 Å². The molecular weight excluding hydrogens is 170 g/mol. The summed E-state index contributed by atoms with van der Waals surface area (Å²) in [6.45, 7) is 7.84. The van der Waals surface area contributed by atoms with Gasteiger partial charge in [-0.25, -0.2) is 8.78 Å². The first-order valence-electron chi connectivity index (χ1n) is 5.20. The molecule has 80 valence electrons. The van der Waals surface area contributed by atoms with E-state index in [2.05, 4.69) is 0 Å². The quantitative estimate of drug-likeness (QED) is 0.593. The number of hydrogen-bond donors (Lipinski definition) is 0.